The number of nitrogens with one attached hydrogen (secondary N) is 2. The van der Waals surface area contributed by atoms with Crippen molar-refractivity contribution in [1.29, 1.82) is 0 Å². The van der Waals surface area contributed by atoms with Gasteiger partial charge in [-0.2, -0.15) is 0 Å². The number of hydrogen-bond donors (Lipinski definition) is 2. The molecule has 164 valence electrons. The first-order valence-corrected chi connectivity index (χ1v) is 9.97. The molecule has 2 N–H and O–H groups in total. The van der Waals surface area contributed by atoms with Gasteiger partial charge in [0.1, 0.15) is 0 Å². The van der Waals surface area contributed by atoms with E-state index in [0.717, 1.165) is 12.0 Å². The molecule has 9 heteroatoms. The van der Waals surface area contributed by atoms with Gasteiger partial charge in [0.05, 0.1) is 18.0 Å². The van der Waals surface area contributed by atoms with E-state index < -0.39 is 16.7 Å². The summed E-state index contributed by atoms with van der Waals surface area (Å²) in [6.45, 7) is 3.82. The summed E-state index contributed by atoms with van der Waals surface area (Å²) < 4.78 is 0. The molecule has 9 nitrogen and oxygen atoms in total. The minimum Gasteiger partial charge on any atom is -0.345 e. The lowest BCUT2D eigenvalue weighted by Crippen LogP contribution is -2.43. The number of hydrogen-bond acceptors (Lipinski definition) is 5. The quantitative estimate of drug-likeness (QED) is 0.447. The number of nitro groups is 1. The number of carbonyl (C=O) groups is 3. The smallest absolute Gasteiger partial charge is 0.269 e. The van der Waals surface area contributed by atoms with Crippen LogP contribution in [-0.4, -0.2) is 47.2 Å². The number of rotatable bonds is 10. The summed E-state index contributed by atoms with van der Waals surface area (Å²) in [5, 5.41) is 16.0. The Morgan fingerprint density at radius 1 is 1.00 bits per heavy atom. The SMILES string of the molecule is CCCCN(CC(=O)NCC(=O)Nc1ccc(C)cc1)C(=O)c1ccc([N+](=O)[O-])cc1. The highest BCUT2D eigenvalue weighted by Crippen LogP contribution is 2.14. The van der Waals surface area contributed by atoms with Gasteiger partial charge in [-0.3, -0.25) is 24.5 Å². The van der Waals surface area contributed by atoms with Crippen molar-refractivity contribution < 1.29 is 19.3 Å². The summed E-state index contributed by atoms with van der Waals surface area (Å²) in [5.41, 5.74) is 1.83. The third-order valence-corrected chi connectivity index (χ3v) is 4.51. The van der Waals surface area contributed by atoms with Crippen molar-refractivity contribution in [3.8, 4) is 0 Å². The van der Waals surface area contributed by atoms with E-state index in [-0.39, 0.29) is 30.2 Å². The fraction of sp³-hybridized carbons (Fsp3) is 0.318. The maximum atomic E-state index is 12.8. The van der Waals surface area contributed by atoms with Crippen molar-refractivity contribution >= 4 is 29.1 Å². The molecule has 0 aliphatic heterocycles. The molecular formula is C22H26N4O5. The number of nitrogens with zero attached hydrogens (tertiary/aromatic N) is 2. The number of benzene rings is 2. The summed E-state index contributed by atoms with van der Waals surface area (Å²) in [6.07, 6.45) is 1.52. The molecule has 2 rings (SSSR count). The van der Waals surface area contributed by atoms with Crippen LogP contribution in [0.25, 0.3) is 0 Å². The Kier molecular flexibility index (Phi) is 8.68. The zero-order valence-electron chi connectivity index (χ0n) is 17.6. The Morgan fingerprint density at radius 2 is 1.65 bits per heavy atom. The Hall–Kier alpha value is -3.75. The van der Waals surface area contributed by atoms with Crippen LogP contribution in [0.1, 0.15) is 35.7 Å². The van der Waals surface area contributed by atoms with Gasteiger partial charge in [0.15, 0.2) is 0 Å². The van der Waals surface area contributed by atoms with E-state index >= 15 is 0 Å². The standard InChI is InChI=1S/C22H26N4O5/c1-3-4-13-25(22(29)17-7-11-19(12-8-17)26(30)31)15-21(28)23-14-20(27)24-18-9-5-16(2)6-10-18/h5-12H,3-4,13-15H2,1-2H3,(H,23,28)(H,24,27). The highest BCUT2D eigenvalue weighted by Gasteiger charge is 2.19. The zero-order chi connectivity index (χ0) is 22.8. The molecule has 0 atom stereocenters. The molecule has 0 unspecified atom stereocenters. The van der Waals surface area contributed by atoms with E-state index in [1.807, 2.05) is 26.0 Å². The second-order valence-corrected chi connectivity index (χ2v) is 7.08. The van der Waals surface area contributed by atoms with Crippen LogP contribution >= 0.6 is 0 Å². The Balaban J connectivity index is 1.93. The molecule has 0 saturated carbocycles. The van der Waals surface area contributed by atoms with Gasteiger partial charge in [-0.1, -0.05) is 31.0 Å². The molecule has 0 spiro atoms. The molecule has 3 amide bonds. The first-order valence-electron chi connectivity index (χ1n) is 9.97. The van der Waals surface area contributed by atoms with Gasteiger partial charge in [-0.15, -0.1) is 0 Å². The lowest BCUT2D eigenvalue weighted by atomic mass is 10.1. The van der Waals surface area contributed by atoms with Crippen LogP contribution in [0.2, 0.25) is 0 Å². The topological polar surface area (TPSA) is 122 Å². The fourth-order valence-corrected chi connectivity index (χ4v) is 2.76. The Labute approximate surface area is 180 Å². The highest BCUT2D eigenvalue weighted by molar-refractivity contribution is 5.98. The lowest BCUT2D eigenvalue weighted by Gasteiger charge is -2.22. The number of non-ortho nitro benzene ring substituents is 1. The minimum absolute atomic E-state index is 0.117. The molecule has 31 heavy (non-hydrogen) atoms. The van der Waals surface area contributed by atoms with Gasteiger partial charge in [0.25, 0.3) is 11.6 Å². The van der Waals surface area contributed by atoms with Gasteiger partial charge in [0, 0.05) is 29.9 Å². The maximum absolute atomic E-state index is 12.8. The Morgan fingerprint density at radius 3 is 2.23 bits per heavy atom. The first-order chi connectivity index (χ1) is 14.8. The van der Waals surface area contributed by atoms with E-state index in [1.165, 1.54) is 29.2 Å². The van der Waals surface area contributed by atoms with Crippen molar-refractivity contribution in [2.24, 2.45) is 0 Å². The van der Waals surface area contributed by atoms with Crippen molar-refractivity contribution in [2.75, 3.05) is 25.0 Å². The number of carbonyl (C=O) groups excluding carboxylic acids is 3. The van der Waals surface area contributed by atoms with Crippen LogP contribution in [0.3, 0.4) is 0 Å². The molecule has 2 aromatic rings. The predicted octanol–water partition coefficient (Wildman–Crippen LogP) is 2.90. The molecule has 0 radical (unpaired) electrons. The monoisotopic (exact) mass is 426 g/mol. The highest BCUT2D eigenvalue weighted by atomic mass is 16.6. The maximum Gasteiger partial charge on any atom is 0.269 e. The van der Waals surface area contributed by atoms with Gasteiger partial charge >= 0.3 is 0 Å². The molecule has 0 aliphatic rings. The van der Waals surface area contributed by atoms with E-state index in [2.05, 4.69) is 10.6 Å². The van der Waals surface area contributed by atoms with E-state index in [1.54, 1.807) is 12.1 Å². The summed E-state index contributed by atoms with van der Waals surface area (Å²) in [7, 11) is 0. The zero-order valence-corrected chi connectivity index (χ0v) is 17.6. The Bertz CT molecular complexity index is 926. The number of nitro benzene ring substituents is 1. The van der Waals surface area contributed by atoms with Gasteiger partial charge in [-0.25, -0.2) is 0 Å². The van der Waals surface area contributed by atoms with Crippen LogP contribution in [0.4, 0.5) is 11.4 Å². The molecule has 2 aromatic carbocycles. The normalized spacial score (nSPS) is 10.3. The van der Waals surface area contributed by atoms with Crippen LogP contribution in [-0.2, 0) is 9.59 Å². The second-order valence-electron chi connectivity index (χ2n) is 7.08. The summed E-state index contributed by atoms with van der Waals surface area (Å²) in [5.74, 6) is -1.24. The van der Waals surface area contributed by atoms with Crippen LogP contribution in [0.5, 0.6) is 0 Å². The summed E-state index contributed by atoms with van der Waals surface area (Å²) in [4.78, 5) is 48.7. The average Bonchev–Trinajstić information content (AvgIpc) is 2.76. The van der Waals surface area contributed by atoms with E-state index in [9.17, 15) is 24.5 Å². The fourth-order valence-electron chi connectivity index (χ4n) is 2.76. The molecule has 0 aliphatic carbocycles. The number of anilines is 1. The van der Waals surface area contributed by atoms with Crippen molar-refractivity contribution in [3.05, 3.63) is 69.8 Å². The van der Waals surface area contributed by atoms with E-state index in [0.29, 0.717) is 18.7 Å². The van der Waals surface area contributed by atoms with Gasteiger partial charge in [-0.05, 0) is 37.6 Å². The summed E-state index contributed by atoms with van der Waals surface area (Å²) in [6, 6.07) is 12.5. The molecule has 0 aromatic heterocycles. The largest absolute Gasteiger partial charge is 0.345 e. The molecular weight excluding hydrogens is 400 g/mol. The molecule has 0 bridgehead atoms. The van der Waals surface area contributed by atoms with Crippen molar-refractivity contribution in [1.82, 2.24) is 10.2 Å². The van der Waals surface area contributed by atoms with Gasteiger partial charge < -0.3 is 15.5 Å². The van der Waals surface area contributed by atoms with Crippen molar-refractivity contribution in [2.45, 2.75) is 26.7 Å². The summed E-state index contributed by atoms with van der Waals surface area (Å²) >= 11 is 0. The third-order valence-electron chi connectivity index (χ3n) is 4.51. The molecule has 0 fully saturated rings. The minimum atomic E-state index is -0.543. The molecule has 0 saturated heterocycles. The van der Waals surface area contributed by atoms with Crippen LogP contribution in [0.15, 0.2) is 48.5 Å². The number of aryl methyl sites for hydroxylation is 1. The average molecular weight is 426 g/mol. The lowest BCUT2D eigenvalue weighted by molar-refractivity contribution is -0.384. The predicted molar refractivity (Wildman–Crippen MR) is 117 cm³/mol. The second kappa shape index (κ2) is 11.4. The molecule has 0 heterocycles. The van der Waals surface area contributed by atoms with E-state index in [4.69, 9.17) is 0 Å². The van der Waals surface area contributed by atoms with Crippen molar-refractivity contribution in [3.63, 3.8) is 0 Å². The van der Waals surface area contributed by atoms with Crippen LogP contribution in [0, 0.1) is 17.0 Å². The first kappa shape index (κ1) is 23.5. The number of unbranched alkanes of at least 4 members (excludes halogenated alkanes) is 1. The van der Waals surface area contributed by atoms with Crippen LogP contribution < -0.4 is 10.6 Å². The number of amides is 3. The third kappa shape index (κ3) is 7.54. The van der Waals surface area contributed by atoms with Gasteiger partial charge in [0.2, 0.25) is 11.8 Å².